The molecule has 0 aliphatic rings. The summed E-state index contributed by atoms with van der Waals surface area (Å²) in [5.74, 6) is 0.966. The summed E-state index contributed by atoms with van der Waals surface area (Å²) in [5.41, 5.74) is 4.73. The van der Waals surface area contributed by atoms with Crippen molar-refractivity contribution in [1.29, 1.82) is 0 Å². The fourth-order valence-electron chi connectivity index (χ4n) is 2.92. The zero-order valence-corrected chi connectivity index (χ0v) is 20.4. The zero-order valence-electron chi connectivity index (χ0n) is 19.6. The van der Waals surface area contributed by atoms with E-state index in [-0.39, 0.29) is 24.0 Å². The summed E-state index contributed by atoms with van der Waals surface area (Å²) < 4.78 is 5.49. The Morgan fingerprint density at radius 3 is 2.26 bits per heavy atom. The van der Waals surface area contributed by atoms with Gasteiger partial charge in [-0.3, -0.25) is 9.59 Å². The number of thioether (sulfide) groups is 1. The number of amides is 2. The van der Waals surface area contributed by atoms with Crippen molar-refractivity contribution in [2.45, 2.75) is 37.0 Å². The largest absolute Gasteiger partial charge is 0.484 e. The van der Waals surface area contributed by atoms with E-state index in [4.69, 9.17) is 4.74 Å². The van der Waals surface area contributed by atoms with Crippen LogP contribution in [0.15, 0.2) is 88.9 Å². The molecule has 176 valence electrons. The molecule has 0 aliphatic carbocycles. The van der Waals surface area contributed by atoms with E-state index >= 15 is 0 Å². The van der Waals surface area contributed by atoms with Crippen molar-refractivity contribution in [3.63, 3.8) is 0 Å². The third-order valence-corrected chi connectivity index (χ3v) is 5.59. The van der Waals surface area contributed by atoms with Crippen LogP contribution in [0.3, 0.4) is 0 Å². The maximum atomic E-state index is 12.3. The van der Waals surface area contributed by atoms with Crippen molar-refractivity contribution in [3.8, 4) is 5.75 Å². The van der Waals surface area contributed by atoms with Crippen LogP contribution in [0.4, 0.5) is 0 Å². The number of carbonyl (C=O) groups excluding carboxylic acids is 2. The van der Waals surface area contributed by atoms with Crippen molar-refractivity contribution in [3.05, 3.63) is 95.6 Å². The predicted molar refractivity (Wildman–Crippen MR) is 137 cm³/mol. The number of benzene rings is 3. The first-order valence-corrected chi connectivity index (χ1v) is 11.9. The number of hydrazone groups is 1. The van der Waals surface area contributed by atoms with Crippen LogP contribution in [0, 0.1) is 0 Å². The Labute approximate surface area is 204 Å². The van der Waals surface area contributed by atoms with E-state index < -0.39 is 0 Å². The van der Waals surface area contributed by atoms with E-state index in [0.717, 1.165) is 16.9 Å². The molecule has 0 fully saturated rings. The van der Waals surface area contributed by atoms with Crippen LogP contribution in [0.2, 0.25) is 0 Å². The van der Waals surface area contributed by atoms with Gasteiger partial charge in [0, 0.05) is 21.8 Å². The number of ether oxygens (including phenoxy) is 1. The minimum Gasteiger partial charge on any atom is -0.484 e. The smallest absolute Gasteiger partial charge is 0.271 e. The molecule has 2 amide bonds. The maximum absolute atomic E-state index is 12.3. The molecular formula is C27H29N3O3S. The Kier molecular flexibility index (Phi) is 8.87. The van der Waals surface area contributed by atoms with Crippen LogP contribution in [-0.2, 0) is 10.5 Å². The molecule has 0 atom stereocenters. The molecule has 34 heavy (non-hydrogen) atoms. The Morgan fingerprint density at radius 2 is 1.62 bits per heavy atom. The Balaban J connectivity index is 1.43. The lowest BCUT2D eigenvalue weighted by Crippen LogP contribution is -2.43. The molecule has 0 bridgehead atoms. The molecule has 3 aromatic carbocycles. The SMILES string of the molecule is CC(C)(C)NC(=O)COc1ccc(/C=N\NC(=O)c2ccc(CSc3ccccc3)cc2)cc1. The van der Waals surface area contributed by atoms with Gasteiger partial charge in [-0.15, -0.1) is 11.8 Å². The van der Waals surface area contributed by atoms with Crippen LogP contribution < -0.4 is 15.5 Å². The maximum Gasteiger partial charge on any atom is 0.271 e. The Hall–Kier alpha value is -3.58. The Bertz CT molecular complexity index is 1110. The molecule has 0 aliphatic heterocycles. The van der Waals surface area contributed by atoms with E-state index in [2.05, 4.69) is 28.0 Å². The minimum absolute atomic E-state index is 0.0511. The highest BCUT2D eigenvalue weighted by atomic mass is 32.2. The van der Waals surface area contributed by atoms with Crippen molar-refractivity contribution < 1.29 is 14.3 Å². The number of carbonyl (C=O) groups is 2. The highest BCUT2D eigenvalue weighted by Crippen LogP contribution is 2.22. The highest BCUT2D eigenvalue weighted by Gasteiger charge is 2.13. The monoisotopic (exact) mass is 475 g/mol. The van der Waals surface area contributed by atoms with E-state index in [1.807, 2.05) is 51.1 Å². The number of rotatable bonds is 9. The molecule has 0 saturated heterocycles. The van der Waals surface area contributed by atoms with Gasteiger partial charge in [-0.05, 0) is 80.4 Å². The van der Waals surface area contributed by atoms with Crippen molar-refractivity contribution in [2.24, 2.45) is 5.10 Å². The molecule has 6 nitrogen and oxygen atoms in total. The number of nitrogens with zero attached hydrogens (tertiary/aromatic N) is 1. The lowest BCUT2D eigenvalue weighted by atomic mass is 10.1. The average Bonchev–Trinajstić information content (AvgIpc) is 2.82. The van der Waals surface area contributed by atoms with Crippen molar-refractivity contribution in [1.82, 2.24) is 10.7 Å². The van der Waals surface area contributed by atoms with Gasteiger partial charge in [-0.25, -0.2) is 5.43 Å². The molecule has 3 aromatic rings. The first kappa shape index (κ1) is 25.1. The number of hydrogen-bond acceptors (Lipinski definition) is 5. The summed E-state index contributed by atoms with van der Waals surface area (Å²) in [5, 5.41) is 6.87. The lowest BCUT2D eigenvalue weighted by molar-refractivity contribution is -0.124. The van der Waals surface area contributed by atoms with Crippen molar-refractivity contribution >= 4 is 29.8 Å². The highest BCUT2D eigenvalue weighted by molar-refractivity contribution is 7.98. The second-order valence-electron chi connectivity index (χ2n) is 8.65. The second kappa shape index (κ2) is 12.0. The minimum atomic E-state index is -0.297. The van der Waals surface area contributed by atoms with Crippen LogP contribution in [0.5, 0.6) is 5.75 Å². The first-order valence-electron chi connectivity index (χ1n) is 10.9. The molecule has 0 heterocycles. The second-order valence-corrected chi connectivity index (χ2v) is 9.70. The first-order chi connectivity index (χ1) is 16.3. The third-order valence-electron chi connectivity index (χ3n) is 4.51. The van der Waals surface area contributed by atoms with E-state index in [9.17, 15) is 9.59 Å². The van der Waals surface area contributed by atoms with Gasteiger partial charge in [-0.1, -0.05) is 30.3 Å². The Morgan fingerprint density at radius 1 is 0.941 bits per heavy atom. The van der Waals surface area contributed by atoms with E-state index in [1.54, 1.807) is 54.4 Å². The summed E-state index contributed by atoms with van der Waals surface area (Å²) >= 11 is 1.75. The standard InChI is InChI=1S/C27H29N3O3S/c1-27(2,3)29-25(31)18-33-23-15-11-20(12-16-23)17-28-30-26(32)22-13-9-21(10-14-22)19-34-24-7-5-4-6-8-24/h4-17H,18-19H2,1-3H3,(H,29,31)(H,30,32)/b28-17-. The van der Waals surface area contributed by atoms with Gasteiger partial charge in [0.05, 0.1) is 6.21 Å². The van der Waals surface area contributed by atoms with Crippen LogP contribution in [-0.4, -0.2) is 30.2 Å². The topological polar surface area (TPSA) is 79.8 Å². The van der Waals surface area contributed by atoms with E-state index in [0.29, 0.717) is 11.3 Å². The van der Waals surface area contributed by atoms with Crippen LogP contribution in [0.1, 0.15) is 42.3 Å². The fraction of sp³-hybridized carbons (Fsp3) is 0.222. The molecule has 0 spiro atoms. The van der Waals surface area contributed by atoms with Gasteiger partial charge < -0.3 is 10.1 Å². The fourth-order valence-corrected chi connectivity index (χ4v) is 3.79. The third kappa shape index (κ3) is 8.75. The van der Waals surface area contributed by atoms with Gasteiger partial charge in [0.25, 0.3) is 11.8 Å². The van der Waals surface area contributed by atoms with Crippen LogP contribution in [0.25, 0.3) is 0 Å². The van der Waals surface area contributed by atoms with Gasteiger partial charge >= 0.3 is 0 Å². The summed E-state index contributed by atoms with van der Waals surface area (Å²) in [4.78, 5) is 25.4. The van der Waals surface area contributed by atoms with Gasteiger partial charge in [0.15, 0.2) is 6.61 Å². The molecule has 0 unspecified atom stereocenters. The number of hydrogen-bond donors (Lipinski definition) is 2. The van der Waals surface area contributed by atoms with Gasteiger partial charge in [-0.2, -0.15) is 5.10 Å². The molecular weight excluding hydrogens is 446 g/mol. The summed E-state index contributed by atoms with van der Waals surface area (Å²) in [6, 6.07) is 24.8. The molecule has 0 saturated carbocycles. The summed E-state index contributed by atoms with van der Waals surface area (Å²) in [6.07, 6.45) is 1.55. The molecule has 0 radical (unpaired) electrons. The summed E-state index contributed by atoms with van der Waals surface area (Å²) in [7, 11) is 0. The lowest BCUT2D eigenvalue weighted by Gasteiger charge is -2.20. The van der Waals surface area contributed by atoms with Gasteiger partial charge in [0.2, 0.25) is 0 Å². The number of nitrogens with one attached hydrogen (secondary N) is 2. The quantitative estimate of drug-likeness (QED) is 0.258. The zero-order chi connectivity index (χ0) is 24.4. The molecule has 3 rings (SSSR count). The molecule has 2 N–H and O–H groups in total. The predicted octanol–water partition coefficient (Wildman–Crippen LogP) is 5.04. The average molecular weight is 476 g/mol. The van der Waals surface area contributed by atoms with Gasteiger partial charge in [0.1, 0.15) is 5.75 Å². The van der Waals surface area contributed by atoms with Crippen molar-refractivity contribution in [2.75, 3.05) is 6.61 Å². The van der Waals surface area contributed by atoms with Crippen LogP contribution >= 0.6 is 11.8 Å². The normalized spacial score (nSPS) is 11.3. The molecule has 0 aromatic heterocycles. The molecule has 7 heteroatoms. The van der Waals surface area contributed by atoms with E-state index in [1.165, 1.54) is 4.90 Å². The summed E-state index contributed by atoms with van der Waals surface area (Å²) in [6.45, 7) is 5.70.